The van der Waals surface area contributed by atoms with Gasteiger partial charge in [-0.05, 0) is 52.4 Å². The van der Waals surface area contributed by atoms with E-state index in [9.17, 15) is 0 Å². The zero-order valence-corrected chi connectivity index (χ0v) is 12.6. The number of halogens is 2. The number of hydrogen-bond acceptors (Lipinski definition) is 2. The molecule has 0 aliphatic heterocycles. The van der Waals surface area contributed by atoms with Crippen LogP contribution in [-0.4, -0.2) is 0 Å². The fraction of sp³-hybridized carbons (Fsp3) is 0.143. The maximum atomic E-state index is 6.07. The van der Waals surface area contributed by atoms with Gasteiger partial charge in [-0.2, -0.15) is 0 Å². The smallest absolute Gasteiger partial charge is 0.125 e. The highest BCUT2D eigenvalue weighted by Gasteiger charge is 2.06. The molecule has 0 fully saturated rings. The molecule has 18 heavy (non-hydrogen) atoms. The van der Waals surface area contributed by atoms with Crippen molar-refractivity contribution >= 4 is 34.2 Å². The summed E-state index contributed by atoms with van der Waals surface area (Å²) in [4.78, 5) is 0. The van der Waals surface area contributed by atoms with Gasteiger partial charge in [-0.3, -0.25) is 0 Å². The van der Waals surface area contributed by atoms with Gasteiger partial charge in [0.15, 0.2) is 0 Å². The zero-order valence-electron chi connectivity index (χ0n) is 9.70. The lowest BCUT2D eigenvalue weighted by atomic mass is 10.2. The SMILES string of the molecule is NCc1c(Cl)cccc1OCc1ccc(I)cc1. The molecular weight excluding hydrogens is 361 g/mol. The van der Waals surface area contributed by atoms with Crippen LogP contribution in [0.15, 0.2) is 42.5 Å². The summed E-state index contributed by atoms with van der Waals surface area (Å²) in [6.45, 7) is 0.895. The molecule has 0 spiro atoms. The average molecular weight is 374 g/mol. The van der Waals surface area contributed by atoms with Crippen LogP contribution in [0.1, 0.15) is 11.1 Å². The summed E-state index contributed by atoms with van der Waals surface area (Å²) in [6, 6.07) is 13.8. The maximum Gasteiger partial charge on any atom is 0.125 e. The Morgan fingerprint density at radius 2 is 1.83 bits per heavy atom. The first-order valence-corrected chi connectivity index (χ1v) is 7.01. The summed E-state index contributed by atoms with van der Waals surface area (Å²) in [5.41, 5.74) is 7.65. The maximum absolute atomic E-state index is 6.07. The van der Waals surface area contributed by atoms with E-state index in [0.29, 0.717) is 18.2 Å². The van der Waals surface area contributed by atoms with E-state index in [1.807, 2.05) is 18.2 Å². The Balaban J connectivity index is 2.10. The van der Waals surface area contributed by atoms with Gasteiger partial charge in [0.05, 0.1) is 0 Å². The molecule has 0 atom stereocenters. The molecule has 2 aromatic rings. The van der Waals surface area contributed by atoms with Gasteiger partial charge in [0.25, 0.3) is 0 Å². The van der Waals surface area contributed by atoms with Crippen molar-refractivity contribution in [2.45, 2.75) is 13.2 Å². The summed E-state index contributed by atoms with van der Waals surface area (Å²) in [6.07, 6.45) is 0. The molecule has 0 unspecified atom stereocenters. The molecule has 2 N–H and O–H groups in total. The van der Waals surface area contributed by atoms with Crippen molar-refractivity contribution in [2.75, 3.05) is 0 Å². The Morgan fingerprint density at radius 3 is 2.50 bits per heavy atom. The Labute approximate surface area is 125 Å². The van der Waals surface area contributed by atoms with Crippen molar-refractivity contribution in [3.8, 4) is 5.75 Å². The Bertz CT molecular complexity index is 528. The van der Waals surface area contributed by atoms with Gasteiger partial charge >= 0.3 is 0 Å². The average Bonchev–Trinajstić information content (AvgIpc) is 2.38. The molecule has 0 bridgehead atoms. The van der Waals surface area contributed by atoms with Gasteiger partial charge in [0.2, 0.25) is 0 Å². The van der Waals surface area contributed by atoms with Crippen molar-refractivity contribution in [1.29, 1.82) is 0 Å². The molecule has 0 aliphatic carbocycles. The van der Waals surface area contributed by atoms with E-state index >= 15 is 0 Å². The minimum Gasteiger partial charge on any atom is -0.489 e. The molecule has 2 nitrogen and oxygen atoms in total. The number of benzene rings is 2. The molecule has 0 saturated carbocycles. The second-order valence-corrected chi connectivity index (χ2v) is 5.49. The van der Waals surface area contributed by atoms with Gasteiger partial charge in [-0.25, -0.2) is 0 Å². The highest BCUT2D eigenvalue weighted by atomic mass is 127. The number of nitrogens with two attached hydrogens (primary N) is 1. The molecule has 2 aromatic carbocycles. The van der Waals surface area contributed by atoms with Crippen molar-refractivity contribution in [1.82, 2.24) is 0 Å². The molecular formula is C14H13ClINO. The highest BCUT2D eigenvalue weighted by Crippen LogP contribution is 2.26. The van der Waals surface area contributed by atoms with Gasteiger partial charge in [-0.1, -0.05) is 29.8 Å². The van der Waals surface area contributed by atoms with Crippen LogP contribution in [0.3, 0.4) is 0 Å². The largest absolute Gasteiger partial charge is 0.489 e. The van der Waals surface area contributed by atoms with Crippen LogP contribution in [0.5, 0.6) is 5.75 Å². The van der Waals surface area contributed by atoms with Gasteiger partial charge in [0, 0.05) is 20.7 Å². The van der Waals surface area contributed by atoms with Crippen LogP contribution in [0, 0.1) is 3.57 Å². The lowest BCUT2D eigenvalue weighted by Gasteiger charge is -2.11. The van der Waals surface area contributed by atoms with Crippen LogP contribution in [0.2, 0.25) is 5.02 Å². The monoisotopic (exact) mass is 373 g/mol. The van der Waals surface area contributed by atoms with Crippen LogP contribution >= 0.6 is 34.2 Å². The fourth-order valence-electron chi connectivity index (χ4n) is 1.61. The third kappa shape index (κ3) is 3.37. The van der Waals surface area contributed by atoms with Crippen LogP contribution in [0.4, 0.5) is 0 Å². The molecule has 4 heteroatoms. The third-order valence-electron chi connectivity index (χ3n) is 2.59. The van der Waals surface area contributed by atoms with E-state index < -0.39 is 0 Å². The second-order valence-electron chi connectivity index (χ2n) is 3.84. The second kappa shape index (κ2) is 6.41. The quantitative estimate of drug-likeness (QED) is 0.823. The standard InChI is InChI=1S/C14H13ClINO/c15-13-2-1-3-14(12(13)8-17)18-9-10-4-6-11(16)7-5-10/h1-7H,8-9,17H2. The minimum absolute atomic E-state index is 0.377. The van der Waals surface area contributed by atoms with Crippen LogP contribution in [0.25, 0.3) is 0 Å². The fourth-order valence-corrected chi connectivity index (χ4v) is 2.22. The normalized spacial score (nSPS) is 10.4. The van der Waals surface area contributed by atoms with E-state index in [0.717, 1.165) is 16.9 Å². The molecule has 94 valence electrons. The lowest BCUT2D eigenvalue weighted by molar-refractivity contribution is 0.303. The molecule has 0 aliphatic rings. The van der Waals surface area contributed by atoms with Crippen molar-refractivity contribution in [3.05, 3.63) is 62.2 Å². The molecule has 0 radical (unpaired) electrons. The molecule has 2 rings (SSSR count). The van der Waals surface area contributed by atoms with Crippen molar-refractivity contribution < 1.29 is 4.74 Å². The summed E-state index contributed by atoms with van der Waals surface area (Å²) in [7, 11) is 0. The van der Waals surface area contributed by atoms with E-state index in [4.69, 9.17) is 22.1 Å². The van der Waals surface area contributed by atoms with Crippen molar-refractivity contribution in [3.63, 3.8) is 0 Å². The van der Waals surface area contributed by atoms with E-state index in [1.165, 1.54) is 3.57 Å². The topological polar surface area (TPSA) is 35.2 Å². The first-order valence-electron chi connectivity index (χ1n) is 5.55. The highest BCUT2D eigenvalue weighted by molar-refractivity contribution is 14.1. The predicted molar refractivity (Wildman–Crippen MR) is 82.8 cm³/mol. The molecule has 0 heterocycles. The number of hydrogen-bond donors (Lipinski definition) is 1. The first kappa shape index (κ1) is 13.6. The Morgan fingerprint density at radius 1 is 1.11 bits per heavy atom. The Hall–Kier alpha value is -0.780. The zero-order chi connectivity index (χ0) is 13.0. The van der Waals surface area contributed by atoms with Gasteiger partial charge < -0.3 is 10.5 Å². The van der Waals surface area contributed by atoms with Crippen LogP contribution in [-0.2, 0) is 13.2 Å². The molecule has 0 amide bonds. The number of ether oxygens (including phenoxy) is 1. The van der Waals surface area contributed by atoms with E-state index in [2.05, 4.69) is 46.9 Å². The summed E-state index contributed by atoms with van der Waals surface area (Å²) in [5, 5.41) is 0.651. The third-order valence-corrected chi connectivity index (χ3v) is 3.66. The van der Waals surface area contributed by atoms with Gasteiger partial charge in [-0.15, -0.1) is 0 Å². The van der Waals surface area contributed by atoms with Crippen molar-refractivity contribution in [2.24, 2.45) is 5.73 Å². The number of rotatable bonds is 4. The lowest BCUT2D eigenvalue weighted by Crippen LogP contribution is -2.03. The molecule has 0 saturated heterocycles. The van der Waals surface area contributed by atoms with Gasteiger partial charge in [0.1, 0.15) is 12.4 Å². The predicted octanol–water partition coefficient (Wildman–Crippen LogP) is 3.98. The molecule has 0 aromatic heterocycles. The van der Waals surface area contributed by atoms with Crippen LogP contribution < -0.4 is 10.5 Å². The van der Waals surface area contributed by atoms with E-state index in [-0.39, 0.29) is 0 Å². The summed E-state index contributed by atoms with van der Waals surface area (Å²) < 4.78 is 6.98. The minimum atomic E-state index is 0.377. The summed E-state index contributed by atoms with van der Waals surface area (Å²) in [5.74, 6) is 0.753. The Kier molecular flexibility index (Phi) is 4.86. The van der Waals surface area contributed by atoms with E-state index in [1.54, 1.807) is 0 Å². The first-order chi connectivity index (χ1) is 8.70. The summed E-state index contributed by atoms with van der Waals surface area (Å²) >= 11 is 8.35.